The predicted molar refractivity (Wildman–Crippen MR) is 128 cm³/mol. The summed E-state index contributed by atoms with van der Waals surface area (Å²) in [6, 6.07) is 15.5. The minimum atomic E-state index is -3.84. The highest BCUT2D eigenvalue weighted by Gasteiger charge is 2.17. The van der Waals surface area contributed by atoms with Gasteiger partial charge in [-0.05, 0) is 54.6 Å². The van der Waals surface area contributed by atoms with Crippen LogP contribution in [0, 0.1) is 0 Å². The van der Waals surface area contributed by atoms with Gasteiger partial charge in [-0.25, -0.2) is 13.4 Å². The van der Waals surface area contributed by atoms with Crippen LogP contribution in [0.1, 0.15) is 10.4 Å². The van der Waals surface area contributed by atoms with Gasteiger partial charge in [0.1, 0.15) is 11.3 Å². The molecule has 0 atom stereocenters. The van der Waals surface area contributed by atoms with E-state index in [1.165, 1.54) is 36.6 Å². The summed E-state index contributed by atoms with van der Waals surface area (Å²) in [5.41, 5.74) is 0.997. The first kappa shape index (κ1) is 22.3. The fourth-order valence-electron chi connectivity index (χ4n) is 2.85. The maximum atomic E-state index is 12.7. The molecule has 0 fully saturated rings. The maximum Gasteiger partial charge on any atom is 0.261 e. The van der Waals surface area contributed by atoms with Crippen molar-refractivity contribution >= 4 is 71.5 Å². The Morgan fingerprint density at radius 3 is 2.53 bits per heavy atom. The second-order valence-electron chi connectivity index (χ2n) is 6.54. The molecular weight excluding hydrogens is 493 g/mol. The zero-order valence-electron chi connectivity index (χ0n) is 16.4. The number of methoxy groups -OCH3 is 1. The van der Waals surface area contributed by atoms with Gasteiger partial charge in [0.05, 0.1) is 26.8 Å². The van der Waals surface area contributed by atoms with Gasteiger partial charge in [-0.1, -0.05) is 40.6 Å². The first-order valence-electron chi connectivity index (χ1n) is 9.09. The summed E-state index contributed by atoms with van der Waals surface area (Å²) in [5.74, 6) is 0.0952. The zero-order valence-corrected chi connectivity index (χ0v) is 19.6. The molecule has 0 aliphatic carbocycles. The van der Waals surface area contributed by atoms with Gasteiger partial charge in [-0.3, -0.25) is 14.8 Å². The van der Waals surface area contributed by atoms with Crippen molar-refractivity contribution in [3.63, 3.8) is 0 Å². The molecule has 0 saturated heterocycles. The van der Waals surface area contributed by atoms with Crippen molar-refractivity contribution in [2.45, 2.75) is 4.90 Å². The third-order valence-corrected chi connectivity index (χ3v) is 7.55. The number of nitrogens with zero attached hydrogens (tertiary/aromatic N) is 1. The number of hydrogen-bond donors (Lipinski definition) is 2. The summed E-state index contributed by atoms with van der Waals surface area (Å²) in [4.78, 5) is 17.1. The molecule has 1 heterocycles. The van der Waals surface area contributed by atoms with E-state index in [0.29, 0.717) is 26.4 Å². The van der Waals surface area contributed by atoms with Crippen LogP contribution in [0.3, 0.4) is 0 Å². The van der Waals surface area contributed by atoms with Gasteiger partial charge in [-0.15, -0.1) is 0 Å². The van der Waals surface area contributed by atoms with Crippen LogP contribution in [0.25, 0.3) is 10.2 Å². The Kier molecular flexibility index (Phi) is 6.25. The molecule has 0 aliphatic rings. The number of carbonyl (C=O) groups excluding carboxylic acids is 1. The Bertz CT molecular complexity index is 1420. The molecule has 4 aromatic rings. The highest BCUT2D eigenvalue weighted by molar-refractivity contribution is 7.92. The average molecular weight is 508 g/mol. The number of fused-ring (bicyclic) bond motifs is 1. The highest BCUT2D eigenvalue weighted by Crippen LogP contribution is 2.35. The Balaban J connectivity index is 1.53. The molecule has 164 valence electrons. The highest BCUT2D eigenvalue weighted by atomic mass is 35.5. The number of rotatable bonds is 6. The molecule has 3 aromatic carbocycles. The van der Waals surface area contributed by atoms with Crippen LogP contribution in [0.4, 0.5) is 10.8 Å². The quantitative estimate of drug-likeness (QED) is 0.350. The number of hydrogen-bond acceptors (Lipinski definition) is 6. The standard InChI is InChI=1S/C21H15Cl2N3O4S2/c1-30-14-5-7-15(8-6-14)32(28,29)26-13-4-2-3-12(11-13)20(27)25-21-24-19-17(31-21)10-9-16(22)18(19)23/h2-11,26H,1H3,(H,24,25,27). The number of amides is 1. The van der Waals surface area contributed by atoms with Crippen molar-refractivity contribution in [3.8, 4) is 5.75 Å². The smallest absolute Gasteiger partial charge is 0.261 e. The van der Waals surface area contributed by atoms with Gasteiger partial charge in [0.2, 0.25) is 0 Å². The summed E-state index contributed by atoms with van der Waals surface area (Å²) in [5, 5.41) is 3.74. The van der Waals surface area contributed by atoms with Crippen molar-refractivity contribution in [3.05, 3.63) is 76.3 Å². The Labute approximate surface area is 198 Å². The molecule has 4 rings (SSSR count). The lowest BCUT2D eigenvalue weighted by Crippen LogP contribution is -2.15. The summed E-state index contributed by atoms with van der Waals surface area (Å²) in [7, 11) is -2.34. The van der Waals surface area contributed by atoms with Crippen LogP contribution >= 0.6 is 34.5 Å². The molecule has 0 spiro atoms. The zero-order chi connectivity index (χ0) is 22.9. The number of nitrogens with one attached hydrogen (secondary N) is 2. The molecule has 0 saturated carbocycles. The minimum absolute atomic E-state index is 0.0677. The van der Waals surface area contributed by atoms with E-state index in [1.807, 2.05) is 0 Å². The van der Waals surface area contributed by atoms with Crippen LogP contribution in [-0.2, 0) is 10.0 Å². The fraction of sp³-hybridized carbons (Fsp3) is 0.0476. The molecular formula is C21H15Cl2N3O4S2. The van der Waals surface area contributed by atoms with Crippen molar-refractivity contribution in [1.29, 1.82) is 0 Å². The number of carbonyl (C=O) groups is 1. The van der Waals surface area contributed by atoms with E-state index >= 15 is 0 Å². The van der Waals surface area contributed by atoms with Gasteiger partial charge < -0.3 is 4.74 Å². The average Bonchev–Trinajstić information content (AvgIpc) is 3.19. The number of aromatic nitrogens is 1. The molecule has 0 radical (unpaired) electrons. The molecule has 0 bridgehead atoms. The van der Waals surface area contributed by atoms with Crippen LogP contribution in [0.15, 0.2) is 65.6 Å². The number of anilines is 2. The van der Waals surface area contributed by atoms with Gasteiger partial charge in [0.15, 0.2) is 5.13 Å². The Hall–Kier alpha value is -2.85. The largest absolute Gasteiger partial charge is 0.497 e. The topological polar surface area (TPSA) is 97.4 Å². The van der Waals surface area contributed by atoms with Crippen LogP contribution in [0.5, 0.6) is 5.75 Å². The first-order chi connectivity index (χ1) is 15.3. The second kappa shape index (κ2) is 8.95. The normalized spacial score (nSPS) is 11.3. The summed E-state index contributed by atoms with van der Waals surface area (Å²) < 4.78 is 33.6. The predicted octanol–water partition coefficient (Wildman–Crippen LogP) is 5.66. The molecule has 32 heavy (non-hydrogen) atoms. The SMILES string of the molecule is COc1ccc(S(=O)(=O)Nc2cccc(C(=O)Nc3nc4c(Cl)c(Cl)ccc4s3)c2)cc1. The summed E-state index contributed by atoms with van der Waals surface area (Å²) in [6.07, 6.45) is 0. The fourth-order valence-corrected chi connectivity index (χ4v) is 5.19. The van der Waals surface area contributed by atoms with E-state index in [-0.39, 0.29) is 16.1 Å². The molecule has 1 amide bonds. The molecule has 1 aromatic heterocycles. The lowest BCUT2D eigenvalue weighted by molar-refractivity contribution is 0.102. The summed E-state index contributed by atoms with van der Waals surface area (Å²) >= 11 is 13.4. The number of benzene rings is 3. The van der Waals surface area contributed by atoms with Gasteiger partial charge in [0.25, 0.3) is 15.9 Å². The van der Waals surface area contributed by atoms with E-state index in [1.54, 1.807) is 42.5 Å². The Morgan fingerprint density at radius 1 is 1.06 bits per heavy atom. The lowest BCUT2D eigenvalue weighted by Gasteiger charge is -2.10. The molecule has 0 aliphatic heterocycles. The summed E-state index contributed by atoms with van der Waals surface area (Å²) in [6.45, 7) is 0. The van der Waals surface area contributed by atoms with Crippen molar-refractivity contribution in [2.75, 3.05) is 17.1 Å². The molecule has 11 heteroatoms. The minimum Gasteiger partial charge on any atom is -0.497 e. The molecule has 2 N–H and O–H groups in total. The number of sulfonamides is 1. The first-order valence-corrected chi connectivity index (χ1v) is 12.2. The Morgan fingerprint density at radius 2 is 1.81 bits per heavy atom. The van der Waals surface area contributed by atoms with Gasteiger partial charge in [-0.2, -0.15) is 0 Å². The lowest BCUT2D eigenvalue weighted by atomic mass is 10.2. The third kappa shape index (κ3) is 4.66. The van der Waals surface area contributed by atoms with E-state index in [4.69, 9.17) is 27.9 Å². The van der Waals surface area contributed by atoms with Crippen molar-refractivity contribution in [2.24, 2.45) is 0 Å². The molecule has 7 nitrogen and oxygen atoms in total. The second-order valence-corrected chi connectivity index (χ2v) is 10.0. The van der Waals surface area contributed by atoms with E-state index < -0.39 is 15.9 Å². The van der Waals surface area contributed by atoms with E-state index in [2.05, 4.69) is 15.0 Å². The maximum absolute atomic E-state index is 12.7. The van der Waals surface area contributed by atoms with Gasteiger partial charge in [0, 0.05) is 11.3 Å². The van der Waals surface area contributed by atoms with Crippen LogP contribution in [0.2, 0.25) is 10.0 Å². The number of thiazole rings is 1. The van der Waals surface area contributed by atoms with Crippen molar-refractivity contribution < 1.29 is 17.9 Å². The van der Waals surface area contributed by atoms with E-state index in [0.717, 1.165) is 4.70 Å². The van der Waals surface area contributed by atoms with Crippen molar-refractivity contribution in [1.82, 2.24) is 4.98 Å². The number of halogens is 2. The van der Waals surface area contributed by atoms with Crippen LogP contribution < -0.4 is 14.8 Å². The van der Waals surface area contributed by atoms with E-state index in [9.17, 15) is 13.2 Å². The molecule has 0 unspecified atom stereocenters. The number of ether oxygens (including phenoxy) is 1. The third-order valence-electron chi connectivity index (χ3n) is 4.42. The monoisotopic (exact) mass is 507 g/mol. The van der Waals surface area contributed by atoms with Gasteiger partial charge >= 0.3 is 0 Å². The van der Waals surface area contributed by atoms with Crippen LogP contribution in [-0.4, -0.2) is 26.4 Å².